The van der Waals surface area contributed by atoms with Crippen LogP contribution in [-0.4, -0.2) is 0 Å². The number of hydrogen-bond donors (Lipinski definition) is 0. The summed E-state index contributed by atoms with van der Waals surface area (Å²) >= 11 is 24.1. The van der Waals surface area contributed by atoms with Crippen molar-refractivity contribution in [3.05, 3.63) is 43.9 Å². The van der Waals surface area contributed by atoms with Gasteiger partial charge in [-0.2, -0.15) is 0 Å². The third kappa shape index (κ3) is 3.30. The molecule has 0 saturated heterocycles. The number of rotatable bonds is 3. The van der Waals surface area contributed by atoms with Crippen LogP contribution in [0.1, 0.15) is 19.4 Å². The molecule has 0 spiro atoms. The summed E-state index contributed by atoms with van der Waals surface area (Å²) in [5.74, 6) is 0.342. The lowest BCUT2D eigenvalue weighted by Crippen LogP contribution is -1.98. The molecule has 0 aliphatic carbocycles. The van der Waals surface area contributed by atoms with Crippen LogP contribution in [0.3, 0.4) is 0 Å². The van der Waals surface area contributed by atoms with Crippen LogP contribution in [0.25, 0.3) is 0 Å². The zero-order chi connectivity index (χ0) is 12.3. The molecule has 4 heteroatoms. The molecule has 0 nitrogen and oxygen atoms in total. The van der Waals surface area contributed by atoms with Crippen molar-refractivity contribution in [2.24, 2.45) is 5.92 Å². The van der Waals surface area contributed by atoms with Gasteiger partial charge in [-0.3, -0.25) is 0 Å². The van der Waals surface area contributed by atoms with Gasteiger partial charge in [0.2, 0.25) is 0 Å². The Morgan fingerprint density at radius 1 is 1.12 bits per heavy atom. The van der Waals surface area contributed by atoms with Gasteiger partial charge in [0.1, 0.15) is 0 Å². The van der Waals surface area contributed by atoms with Gasteiger partial charge in [0.05, 0.1) is 20.1 Å². The Labute approximate surface area is 116 Å². The molecule has 1 aromatic rings. The van der Waals surface area contributed by atoms with E-state index in [2.05, 4.69) is 13.0 Å². The predicted molar refractivity (Wildman–Crippen MR) is 74.2 cm³/mol. The van der Waals surface area contributed by atoms with Crippen molar-refractivity contribution in [1.29, 1.82) is 0 Å². The van der Waals surface area contributed by atoms with Gasteiger partial charge in [-0.05, 0) is 30.9 Å². The SMILES string of the molecule is C/C=C\C(C)Cc1c(Cl)c(Cl)cc(Cl)c1Cl. The minimum absolute atomic E-state index is 0.342. The maximum Gasteiger partial charge on any atom is 0.0640 e. The van der Waals surface area contributed by atoms with Crippen molar-refractivity contribution in [2.45, 2.75) is 20.3 Å². The highest BCUT2D eigenvalue weighted by molar-refractivity contribution is 6.48. The summed E-state index contributed by atoms with van der Waals surface area (Å²) in [5, 5.41) is 1.87. The quantitative estimate of drug-likeness (QED) is 0.470. The van der Waals surface area contributed by atoms with Crippen LogP contribution in [-0.2, 0) is 6.42 Å². The second-order valence-corrected chi connectivity index (χ2v) is 5.22. The Balaban J connectivity index is 3.12. The predicted octanol–water partition coefficient (Wildman–Crippen LogP) is 6.05. The van der Waals surface area contributed by atoms with E-state index in [1.807, 2.05) is 13.0 Å². The van der Waals surface area contributed by atoms with Crippen LogP contribution in [0.15, 0.2) is 18.2 Å². The van der Waals surface area contributed by atoms with Crippen LogP contribution in [0.2, 0.25) is 20.1 Å². The van der Waals surface area contributed by atoms with E-state index >= 15 is 0 Å². The number of benzene rings is 1. The average Bonchev–Trinajstić information content (AvgIpc) is 2.22. The average molecular weight is 298 g/mol. The molecule has 0 aromatic heterocycles. The van der Waals surface area contributed by atoms with Gasteiger partial charge in [0.15, 0.2) is 0 Å². The molecule has 1 unspecified atom stereocenters. The van der Waals surface area contributed by atoms with Gasteiger partial charge >= 0.3 is 0 Å². The minimum atomic E-state index is 0.342. The van der Waals surface area contributed by atoms with E-state index in [9.17, 15) is 0 Å². The second-order valence-electron chi connectivity index (χ2n) is 3.65. The lowest BCUT2D eigenvalue weighted by Gasteiger charge is -2.12. The third-order valence-electron chi connectivity index (χ3n) is 2.25. The molecule has 16 heavy (non-hydrogen) atoms. The Kier molecular flexibility index (Phi) is 5.46. The summed E-state index contributed by atoms with van der Waals surface area (Å²) in [6.07, 6.45) is 4.81. The lowest BCUT2D eigenvalue weighted by atomic mass is 10.0. The topological polar surface area (TPSA) is 0 Å². The Bertz CT molecular complexity index is 384. The standard InChI is InChI=1S/C12H12Cl4/c1-3-4-7(2)5-8-11(15)9(13)6-10(14)12(8)16/h3-4,6-7H,5H2,1-2H3/b4-3-. The molecule has 0 amide bonds. The fourth-order valence-electron chi connectivity index (χ4n) is 1.52. The largest absolute Gasteiger partial charge is 0.0914 e. The lowest BCUT2D eigenvalue weighted by molar-refractivity contribution is 0.723. The summed E-state index contributed by atoms with van der Waals surface area (Å²) in [6.45, 7) is 4.06. The molecule has 0 bridgehead atoms. The van der Waals surface area contributed by atoms with Crippen LogP contribution in [0.4, 0.5) is 0 Å². The first-order valence-electron chi connectivity index (χ1n) is 4.92. The van der Waals surface area contributed by atoms with Gasteiger partial charge < -0.3 is 0 Å². The first-order chi connectivity index (χ1) is 7.47. The van der Waals surface area contributed by atoms with Gasteiger partial charge in [-0.15, -0.1) is 0 Å². The molecule has 0 saturated carbocycles. The Morgan fingerprint density at radius 3 is 2.06 bits per heavy atom. The second kappa shape index (κ2) is 6.16. The highest BCUT2D eigenvalue weighted by Gasteiger charge is 2.15. The molecule has 88 valence electrons. The van der Waals surface area contributed by atoms with Crippen molar-refractivity contribution < 1.29 is 0 Å². The van der Waals surface area contributed by atoms with Crippen molar-refractivity contribution >= 4 is 46.4 Å². The highest BCUT2D eigenvalue weighted by Crippen LogP contribution is 2.38. The summed E-state index contributed by atoms with van der Waals surface area (Å²) in [4.78, 5) is 0. The molecule has 1 aromatic carbocycles. The molecular formula is C12H12Cl4. The van der Waals surface area contributed by atoms with Gasteiger partial charge in [0.25, 0.3) is 0 Å². The monoisotopic (exact) mass is 296 g/mol. The van der Waals surface area contributed by atoms with E-state index in [1.54, 1.807) is 6.07 Å². The van der Waals surface area contributed by atoms with E-state index < -0.39 is 0 Å². The van der Waals surface area contributed by atoms with Gasteiger partial charge in [-0.1, -0.05) is 65.5 Å². The van der Waals surface area contributed by atoms with Crippen LogP contribution >= 0.6 is 46.4 Å². The van der Waals surface area contributed by atoms with Crippen LogP contribution in [0.5, 0.6) is 0 Å². The zero-order valence-corrected chi connectivity index (χ0v) is 12.1. The maximum atomic E-state index is 6.12. The van der Waals surface area contributed by atoms with Crippen LogP contribution < -0.4 is 0 Å². The van der Waals surface area contributed by atoms with E-state index in [1.165, 1.54) is 0 Å². The molecule has 1 rings (SSSR count). The van der Waals surface area contributed by atoms with Gasteiger partial charge in [0, 0.05) is 0 Å². The number of halogens is 4. The zero-order valence-electron chi connectivity index (χ0n) is 9.03. The molecule has 0 heterocycles. The van der Waals surface area contributed by atoms with Gasteiger partial charge in [-0.25, -0.2) is 0 Å². The fraction of sp³-hybridized carbons (Fsp3) is 0.333. The number of hydrogen-bond acceptors (Lipinski definition) is 0. The Morgan fingerprint density at radius 2 is 1.62 bits per heavy atom. The Hall–Kier alpha value is 0.120. The summed E-state index contributed by atoms with van der Waals surface area (Å²) in [5.41, 5.74) is 0.812. The molecule has 0 radical (unpaired) electrons. The van der Waals surface area contributed by atoms with E-state index in [0.717, 1.165) is 12.0 Å². The van der Waals surface area contributed by atoms with E-state index in [0.29, 0.717) is 26.0 Å². The summed E-state index contributed by atoms with van der Waals surface area (Å²) < 4.78 is 0. The molecule has 0 fully saturated rings. The van der Waals surface area contributed by atoms with Crippen molar-refractivity contribution in [3.8, 4) is 0 Å². The first-order valence-corrected chi connectivity index (χ1v) is 6.43. The normalized spacial score (nSPS) is 13.4. The first kappa shape index (κ1) is 14.2. The number of allylic oxidation sites excluding steroid dienone is 2. The molecule has 0 aliphatic rings. The third-order valence-corrected chi connectivity index (χ3v) is 3.90. The molecule has 0 aliphatic heterocycles. The highest BCUT2D eigenvalue weighted by atomic mass is 35.5. The summed E-state index contributed by atoms with van der Waals surface area (Å²) in [6, 6.07) is 1.57. The van der Waals surface area contributed by atoms with Crippen molar-refractivity contribution in [2.75, 3.05) is 0 Å². The fourth-order valence-corrected chi connectivity index (χ4v) is 2.52. The molecule has 0 N–H and O–H groups in total. The van der Waals surface area contributed by atoms with Crippen molar-refractivity contribution in [3.63, 3.8) is 0 Å². The van der Waals surface area contributed by atoms with Crippen molar-refractivity contribution in [1.82, 2.24) is 0 Å². The molecule has 1 atom stereocenters. The van der Waals surface area contributed by atoms with E-state index in [-0.39, 0.29) is 0 Å². The minimum Gasteiger partial charge on any atom is -0.0914 e. The molecular weight excluding hydrogens is 286 g/mol. The maximum absolute atomic E-state index is 6.12. The van der Waals surface area contributed by atoms with E-state index in [4.69, 9.17) is 46.4 Å². The summed E-state index contributed by atoms with van der Waals surface area (Å²) in [7, 11) is 0. The smallest absolute Gasteiger partial charge is 0.0640 e. The van der Waals surface area contributed by atoms with Crippen LogP contribution in [0, 0.1) is 5.92 Å².